The highest BCUT2D eigenvalue weighted by Crippen LogP contribution is 2.40. The monoisotopic (exact) mass is 410 g/mol. The summed E-state index contributed by atoms with van der Waals surface area (Å²) in [7, 11) is 0. The summed E-state index contributed by atoms with van der Waals surface area (Å²) in [5, 5.41) is 2.99. The van der Waals surface area contributed by atoms with E-state index in [9.17, 15) is 4.79 Å². The number of ether oxygens (including phenoxy) is 1. The van der Waals surface area contributed by atoms with Crippen LogP contribution in [-0.2, 0) is 0 Å². The van der Waals surface area contributed by atoms with Crippen LogP contribution < -0.4 is 10.1 Å². The van der Waals surface area contributed by atoms with E-state index in [1.54, 1.807) is 6.20 Å². The lowest BCUT2D eigenvalue weighted by molar-refractivity contribution is 0.0939. The van der Waals surface area contributed by atoms with Gasteiger partial charge in [-0.05, 0) is 34.5 Å². The number of carbonyl (C=O) groups is 1. The van der Waals surface area contributed by atoms with Gasteiger partial charge in [-0.25, -0.2) is 4.98 Å². The Bertz CT molecular complexity index is 1070. The average Bonchev–Trinajstić information content (AvgIpc) is 3.00. The van der Waals surface area contributed by atoms with Crippen LogP contribution in [0.5, 0.6) is 5.88 Å². The highest BCUT2D eigenvalue weighted by atomic mass is 79.9. The van der Waals surface area contributed by atoms with Gasteiger partial charge >= 0.3 is 0 Å². The lowest BCUT2D eigenvalue weighted by atomic mass is 9.94. The van der Waals surface area contributed by atoms with Crippen LogP contribution in [0, 0.1) is 0 Å². The molecule has 3 aromatic rings. The molecular weight excluding hydrogens is 396 g/mol. The molecular formula is C19H15BrN4O2. The first-order valence-electron chi connectivity index (χ1n) is 8.46. The second-order valence-electron chi connectivity index (χ2n) is 6.40. The number of amides is 1. The van der Waals surface area contributed by atoms with E-state index >= 15 is 0 Å². The standard InChI is InChI=1S/C19H15BrN4O2/c20-15-14-16-10(9-22-19(14)25)3-1-2-8-26-13-5-4-12-17(23-13)11(6-7-21-12)18(15)24-16/h1-2,4-7,10,24H,3,8-9H2,(H,22,25)/b2-1-. The topological polar surface area (TPSA) is 79.9 Å². The fourth-order valence-electron chi connectivity index (χ4n) is 3.57. The number of hydrogen-bond donors (Lipinski definition) is 2. The Morgan fingerprint density at radius 2 is 2.15 bits per heavy atom. The zero-order valence-corrected chi connectivity index (χ0v) is 15.3. The molecule has 3 aromatic heterocycles. The van der Waals surface area contributed by atoms with Crippen molar-refractivity contribution in [3.63, 3.8) is 0 Å². The van der Waals surface area contributed by atoms with Gasteiger partial charge in [-0.15, -0.1) is 0 Å². The summed E-state index contributed by atoms with van der Waals surface area (Å²) in [5.74, 6) is 0.690. The molecule has 0 radical (unpaired) electrons. The van der Waals surface area contributed by atoms with Crippen LogP contribution in [0.1, 0.15) is 28.4 Å². The first kappa shape index (κ1) is 15.6. The lowest BCUT2D eigenvalue weighted by Gasteiger charge is -2.22. The van der Waals surface area contributed by atoms with Crippen molar-refractivity contribution in [3.05, 3.63) is 52.3 Å². The maximum absolute atomic E-state index is 12.5. The quantitative estimate of drug-likeness (QED) is 0.555. The van der Waals surface area contributed by atoms with E-state index in [1.165, 1.54) is 0 Å². The van der Waals surface area contributed by atoms with Gasteiger partial charge in [0.2, 0.25) is 5.88 Å². The highest BCUT2D eigenvalue weighted by Gasteiger charge is 2.31. The van der Waals surface area contributed by atoms with Gasteiger partial charge in [-0.2, -0.15) is 0 Å². The van der Waals surface area contributed by atoms with E-state index in [-0.39, 0.29) is 11.8 Å². The van der Waals surface area contributed by atoms with Crippen molar-refractivity contribution in [2.75, 3.05) is 13.2 Å². The third-order valence-electron chi connectivity index (χ3n) is 4.85. The van der Waals surface area contributed by atoms with Crippen molar-refractivity contribution in [2.24, 2.45) is 0 Å². The van der Waals surface area contributed by atoms with Crippen LogP contribution in [0.3, 0.4) is 0 Å². The fourth-order valence-corrected chi connectivity index (χ4v) is 4.27. The third kappa shape index (κ3) is 2.34. The Labute approximate surface area is 157 Å². The molecule has 7 heteroatoms. The molecule has 2 N–H and O–H groups in total. The Kier molecular flexibility index (Phi) is 3.56. The third-order valence-corrected chi connectivity index (χ3v) is 5.65. The number of nitrogens with zero attached hydrogens (tertiary/aromatic N) is 2. The molecule has 2 aliphatic heterocycles. The van der Waals surface area contributed by atoms with Crippen molar-refractivity contribution in [1.82, 2.24) is 20.3 Å². The molecule has 0 aromatic carbocycles. The summed E-state index contributed by atoms with van der Waals surface area (Å²) < 4.78 is 6.51. The summed E-state index contributed by atoms with van der Waals surface area (Å²) in [4.78, 5) is 25.0. The van der Waals surface area contributed by atoms with E-state index in [1.807, 2.05) is 24.3 Å². The van der Waals surface area contributed by atoms with Crippen LogP contribution >= 0.6 is 15.9 Å². The van der Waals surface area contributed by atoms with Crippen LogP contribution in [0.2, 0.25) is 0 Å². The predicted molar refractivity (Wildman–Crippen MR) is 101 cm³/mol. The Balaban J connectivity index is 1.83. The smallest absolute Gasteiger partial charge is 0.254 e. The van der Waals surface area contributed by atoms with Crippen molar-refractivity contribution in [3.8, 4) is 17.1 Å². The van der Waals surface area contributed by atoms with Gasteiger partial charge in [0.15, 0.2) is 0 Å². The Morgan fingerprint density at radius 3 is 3.08 bits per heavy atom. The van der Waals surface area contributed by atoms with Crippen LogP contribution in [-0.4, -0.2) is 34.0 Å². The minimum absolute atomic E-state index is 0.0583. The normalized spacial score (nSPS) is 19.9. The van der Waals surface area contributed by atoms with Crippen LogP contribution in [0.15, 0.2) is 41.0 Å². The molecule has 2 aliphatic rings. The zero-order valence-electron chi connectivity index (χ0n) is 13.8. The molecule has 1 unspecified atom stereocenters. The van der Waals surface area contributed by atoms with Gasteiger partial charge in [0, 0.05) is 36.0 Å². The maximum Gasteiger partial charge on any atom is 0.254 e. The molecule has 130 valence electrons. The molecule has 1 amide bonds. The first-order chi connectivity index (χ1) is 12.7. The number of aromatic nitrogens is 3. The van der Waals surface area contributed by atoms with Crippen LogP contribution in [0.25, 0.3) is 22.3 Å². The minimum Gasteiger partial charge on any atom is -0.473 e. The van der Waals surface area contributed by atoms with Crippen LogP contribution in [0.4, 0.5) is 0 Å². The second-order valence-corrected chi connectivity index (χ2v) is 7.20. The number of halogens is 1. The van der Waals surface area contributed by atoms with Gasteiger partial charge in [0.25, 0.3) is 5.91 Å². The van der Waals surface area contributed by atoms with Crippen molar-refractivity contribution >= 4 is 32.9 Å². The number of nitrogens with one attached hydrogen (secondary N) is 2. The van der Waals surface area contributed by atoms with E-state index in [0.29, 0.717) is 24.6 Å². The molecule has 1 atom stereocenters. The molecule has 5 heterocycles. The number of fused-ring (bicyclic) bond motifs is 3. The van der Waals surface area contributed by atoms with E-state index < -0.39 is 0 Å². The number of carbonyl (C=O) groups excluding carboxylic acids is 1. The number of H-pyrrole nitrogens is 1. The summed E-state index contributed by atoms with van der Waals surface area (Å²) in [6, 6.07) is 5.63. The summed E-state index contributed by atoms with van der Waals surface area (Å²) >= 11 is 3.64. The molecule has 0 fully saturated rings. The van der Waals surface area contributed by atoms with Gasteiger partial charge in [0.05, 0.1) is 21.2 Å². The molecule has 4 bridgehead atoms. The molecule has 0 saturated carbocycles. The van der Waals surface area contributed by atoms with Gasteiger partial charge in [0.1, 0.15) is 12.1 Å². The number of rotatable bonds is 0. The average molecular weight is 411 g/mol. The molecule has 0 saturated heterocycles. The zero-order chi connectivity index (χ0) is 17.7. The second kappa shape index (κ2) is 5.95. The molecule has 5 rings (SSSR count). The van der Waals surface area contributed by atoms with Gasteiger partial charge in [-0.1, -0.05) is 12.2 Å². The SMILES string of the molecule is O=C1NCC2C/C=C\COc3ccc4nccc(c4n3)-c3[nH]c2c1c3Br. The lowest BCUT2D eigenvalue weighted by Crippen LogP contribution is -2.34. The Hall–Kier alpha value is -2.67. The molecule has 0 spiro atoms. The van der Waals surface area contributed by atoms with E-state index in [2.05, 4.69) is 42.3 Å². The number of hydrogen-bond acceptors (Lipinski definition) is 4. The van der Waals surface area contributed by atoms with Crippen molar-refractivity contribution in [1.29, 1.82) is 0 Å². The largest absolute Gasteiger partial charge is 0.473 e. The van der Waals surface area contributed by atoms with E-state index in [4.69, 9.17) is 4.74 Å². The predicted octanol–water partition coefficient (Wildman–Crippen LogP) is 3.55. The van der Waals surface area contributed by atoms with Gasteiger partial charge in [-0.3, -0.25) is 9.78 Å². The Morgan fingerprint density at radius 1 is 1.23 bits per heavy atom. The summed E-state index contributed by atoms with van der Waals surface area (Å²) in [6.45, 7) is 1.07. The molecule has 26 heavy (non-hydrogen) atoms. The molecule has 0 aliphatic carbocycles. The van der Waals surface area contributed by atoms with Crippen molar-refractivity contribution < 1.29 is 9.53 Å². The maximum atomic E-state index is 12.5. The highest BCUT2D eigenvalue weighted by molar-refractivity contribution is 9.10. The summed E-state index contributed by atoms with van der Waals surface area (Å²) in [5.41, 5.74) is 4.89. The number of aromatic amines is 1. The fraction of sp³-hybridized carbons (Fsp3) is 0.211. The summed E-state index contributed by atoms with van der Waals surface area (Å²) in [6.07, 6.45) is 6.65. The molecule has 6 nitrogen and oxygen atoms in total. The number of allylic oxidation sites excluding steroid dienone is 1. The minimum atomic E-state index is -0.0583. The number of pyridine rings is 2. The van der Waals surface area contributed by atoms with E-state index in [0.717, 1.165) is 38.9 Å². The van der Waals surface area contributed by atoms with Gasteiger partial charge < -0.3 is 15.0 Å². The van der Waals surface area contributed by atoms with Crippen molar-refractivity contribution in [2.45, 2.75) is 12.3 Å². The first-order valence-corrected chi connectivity index (χ1v) is 9.25.